The van der Waals surface area contributed by atoms with E-state index in [-0.39, 0.29) is 5.97 Å². The zero-order valence-electron chi connectivity index (χ0n) is 23.4. The van der Waals surface area contributed by atoms with E-state index in [2.05, 4.69) is 75.0 Å². The first-order valence-electron chi connectivity index (χ1n) is 14.5. The van der Waals surface area contributed by atoms with E-state index in [0.29, 0.717) is 13.0 Å². The number of carbonyl (C=O) groups is 1. The maximum atomic E-state index is 11.6. The Morgan fingerprint density at radius 2 is 1.50 bits per heavy atom. The van der Waals surface area contributed by atoms with Crippen LogP contribution in [0.4, 0.5) is 5.95 Å². The first kappa shape index (κ1) is 28.2. The molecule has 1 aliphatic rings. The number of fused-ring (bicyclic) bond motifs is 1. The number of aryl methyl sites for hydroxylation is 1. The zero-order chi connectivity index (χ0) is 27.7. The molecular weight excluding hydrogens is 520 g/mol. The van der Waals surface area contributed by atoms with E-state index in [4.69, 9.17) is 21.3 Å². The van der Waals surface area contributed by atoms with Gasteiger partial charge in [0, 0.05) is 31.1 Å². The molecule has 0 bridgehead atoms. The maximum absolute atomic E-state index is 11.6. The number of para-hydroxylation sites is 2. The molecule has 0 spiro atoms. The van der Waals surface area contributed by atoms with Gasteiger partial charge in [-0.05, 0) is 86.7 Å². The number of anilines is 1. The van der Waals surface area contributed by atoms with Gasteiger partial charge >= 0.3 is 5.97 Å². The minimum Gasteiger partial charge on any atom is -0.466 e. The van der Waals surface area contributed by atoms with E-state index in [0.717, 1.165) is 81.4 Å². The Bertz CT molecular complexity index is 1370. The van der Waals surface area contributed by atoms with Crippen molar-refractivity contribution in [3.05, 3.63) is 94.5 Å². The predicted octanol–water partition coefficient (Wildman–Crippen LogP) is 6.38. The first-order chi connectivity index (χ1) is 19.6. The van der Waals surface area contributed by atoms with Crippen molar-refractivity contribution in [1.29, 1.82) is 0 Å². The van der Waals surface area contributed by atoms with Crippen LogP contribution in [0.1, 0.15) is 42.9 Å². The van der Waals surface area contributed by atoms with E-state index in [1.807, 2.05) is 19.1 Å². The summed E-state index contributed by atoms with van der Waals surface area (Å²) >= 11 is 6.13. The van der Waals surface area contributed by atoms with E-state index >= 15 is 0 Å². The summed E-state index contributed by atoms with van der Waals surface area (Å²) in [5.74, 6) is 0.939. The third-order valence-electron chi connectivity index (χ3n) is 7.64. The summed E-state index contributed by atoms with van der Waals surface area (Å²) in [4.78, 5) is 21.8. The summed E-state index contributed by atoms with van der Waals surface area (Å²) in [6, 6.07) is 25.3. The minimum absolute atomic E-state index is 0.124. The van der Waals surface area contributed by atoms with Crippen molar-refractivity contribution in [3.63, 3.8) is 0 Å². The average molecular weight is 559 g/mol. The van der Waals surface area contributed by atoms with Gasteiger partial charge < -0.3 is 19.1 Å². The van der Waals surface area contributed by atoms with Crippen LogP contribution in [0.25, 0.3) is 11.0 Å². The van der Waals surface area contributed by atoms with Gasteiger partial charge in [0.1, 0.15) is 0 Å². The Kier molecular flexibility index (Phi) is 9.74. The molecule has 0 unspecified atom stereocenters. The minimum atomic E-state index is -0.124. The van der Waals surface area contributed by atoms with Crippen LogP contribution in [0, 0.1) is 0 Å². The Hall–Kier alpha value is -3.35. The molecule has 40 heavy (non-hydrogen) atoms. The highest BCUT2D eigenvalue weighted by Gasteiger charge is 2.20. The molecule has 7 heteroatoms. The van der Waals surface area contributed by atoms with Crippen molar-refractivity contribution in [1.82, 2.24) is 14.5 Å². The molecule has 5 rings (SSSR count). The van der Waals surface area contributed by atoms with Crippen LogP contribution in [0.15, 0.2) is 72.8 Å². The second-order valence-electron chi connectivity index (χ2n) is 10.5. The van der Waals surface area contributed by atoms with Gasteiger partial charge in [-0.15, -0.1) is 0 Å². The summed E-state index contributed by atoms with van der Waals surface area (Å²) < 4.78 is 7.39. The Labute approximate surface area is 242 Å². The lowest BCUT2D eigenvalue weighted by molar-refractivity contribution is -0.143. The highest BCUT2D eigenvalue weighted by atomic mass is 35.5. The lowest BCUT2D eigenvalue weighted by Gasteiger charge is -2.31. The summed E-state index contributed by atoms with van der Waals surface area (Å²) in [7, 11) is 0. The van der Waals surface area contributed by atoms with Crippen LogP contribution in [0.2, 0.25) is 5.02 Å². The highest BCUT2D eigenvalue weighted by molar-refractivity contribution is 6.30. The summed E-state index contributed by atoms with van der Waals surface area (Å²) in [5, 5.41) is 0.760. The molecule has 0 atom stereocenters. The molecule has 2 heterocycles. The second-order valence-corrected chi connectivity index (χ2v) is 11.0. The van der Waals surface area contributed by atoms with Crippen molar-refractivity contribution in [2.24, 2.45) is 0 Å². The Morgan fingerprint density at radius 1 is 0.850 bits per heavy atom. The number of carbonyl (C=O) groups excluding carboxylic acids is 1. The fraction of sp³-hybridized carbons (Fsp3) is 0.394. The van der Waals surface area contributed by atoms with Gasteiger partial charge in [-0.25, -0.2) is 4.98 Å². The summed E-state index contributed by atoms with van der Waals surface area (Å²) in [6.07, 6.45) is 4.43. The summed E-state index contributed by atoms with van der Waals surface area (Å²) in [5.41, 5.74) is 5.97. The molecule has 0 amide bonds. The smallest absolute Gasteiger partial charge is 0.306 e. The van der Waals surface area contributed by atoms with E-state index in [9.17, 15) is 4.79 Å². The van der Waals surface area contributed by atoms with Gasteiger partial charge in [-0.3, -0.25) is 4.79 Å². The topological polar surface area (TPSA) is 50.6 Å². The molecule has 1 aliphatic heterocycles. The maximum Gasteiger partial charge on any atom is 0.306 e. The van der Waals surface area contributed by atoms with E-state index in [1.54, 1.807) is 0 Å². The molecule has 0 saturated carbocycles. The average Bonchev–Trinajstić information content (AvgIpc) is 3.31. The number of nitrogens with zero attached hydrogens (tertiary/aromatic N) is 4. The fourth-order valence-electron chi connectivity index (χ4n) is 5.49. The lowest BCUT2D eigenvalue weighted by atomic mass is 10.1. The van der Waals surface area contributed by atoms with Crippen LogP contribution < -0.4 is 4.90 Å². The van der Waals surface area contributed by atoms with Crippen LogP contribution in [-0.4, -0.2) is 59.8 Å². The molecule has 210 valence electrons. The SMILES string of the molecule is CCOC(=O)CCc1ccc(CCN2CCCN(c3nc4ccccc4n3Cc3ccc(Cl)cc3)CCC2)cc1. The third-order valence-corrected chi connectivity index (χ3v) is 7.89. The normalized spacial score (nSPS) is 14.7. The number of hydrogen-bond acceptors (Lipinski definition) is 5. The van der Waals surface area contributed by atoms with Crippen molar-refractivity contribution in [3.8, 4) is 0 Å². The number of benzene rings is 3. The third kappa shape index (κ3) is 7.43. The van der Waals surface area contributed by atoms with Crippen molar-refractivity contribution in [2.75, 3.05) is 44.2 Å². The van der Waals surface area contributed by atoms with Crippen LogP contribution in [-0.2, 0) is 28.9 Å². The molecule has 1 fully saturated rings. The highest BCUT2D eigenvalue weighted by Crippen LogP contribution is 2.26. The van der Waals surface area contributed by atoms with E-state index < -0.39 is 0 Å². The first-order valence-corrected chi connectivity index (χ1v) is 14.9. The van der Waals surface area contributed by atoms with Crippen molar-refractivity contribution in [2.45, 2.75) is 45.6 Å². The van der Waals surface area contributed by atoms with Crippen molar-refractivity contribution >= 4 is 34.6 Å². The van der Waals surface area contributed by atoms with Gasteiger partial charge in [0.25, 0.3) is 0 Å². The number of ether oxygens (including phenoxy) is 1. The molecule has 0 N–H and O–H groups in total. The lowest BCUT2D eigenvalue weighted by Crippen LogP contribution is -2.38. The molecule has 4 aromatic rings. The largest absolute Gasteiger partial charge is 0.466 e. The summed E-state index contributed by atoms with van der Waals surface area (Å²) in [6.45, 7) is 8.30. The van der Waals surface area contributed by atoms with Crippen molar-refractivity contribution < 1.29 is 9.53 Å². The molecule has 1 saturated heterocycles. The Balaban J connectivity index is 1.16. The molecule has 3 aromatic carbocycles. The van der Waals surface area contributed by atoms with Crippen LogP contribution in [0.3, 0.4) is 0 Å². The van der Waals surface area contributed by atoms with Crippen LogP contribution in [0.5, 0.6) is 0 Å². The zero-order valence-corrected chi connectivity index (χ0v) is 24.2. The van der Waals surface area contributed by atoms with Gasteiger partial charge in [-0.2, -0.15) is 0 Å². The molecular formula is C33H39ClN4O2. The predicted molar refractivity (Wildman–Crippen MR) is 163 cm³/mol. The van der Waals surface area contributed by atoms with E-state index in [1.165, 1.54) is 22.2 Å². The van der Waals surface area contributed by atoms with Crippen LogP contribution >= 0.6 is 11.6 Å². The number of aromatic nitrogens is 2. The molecule has 0 radical (unpaired) electrons. The monoisotopic (exact) mass is 558 g/mol. The molecule has 6 nitrogen and oxygen atoms in total. The number of hydrogen-bond donors (Lipinski definition) is 0. The number of rotatable bonds is 10. The Morgan fingerprint density at radius 3 is 2.20 bits per heavy atom. The quantitative estimate of drug-likeness (QED) is 0.211. The van der Waals surface area contributed by atoms with Gasteiger partial charge in [0.2, 0.25) is 5.95 Å². The standard InChI is InChI=1S/C33H39ClN4O2/c1-2-40-32(39)18-15-26-9-11-27(12-10-26)19-24-36-20-5-22-37(23-6-21-36)33-35-30-7-3-4-8-31(30)38(33)25-28-13-16-29(34)17-14-28/h3-4,7-14,16-17H,2,5-6,15,18-25H2,1H3. The number of esters is 1. The number of halogens is 1. The number of imidazole rings is 1. The fourth-order valence-corrected chi connectivity index (χ4v) is 5.62. The van der Waals surface area contributed by atoms with Gasteiger partial charge in [0.15, 0.2) is 0 Å². The van der Waals surface area contributed by atoms with Gasteiger partial charge in [0.05, 0.1) is 24.2 Å². The second kappa shape index (κ2) is 13.8. The molecule has 1 aromatic heterocycles. The van der Waals surface area contributed by atoms with Gasteiger partial charge in [-0.1, -0.05) is 60.1 Å². The molecule has 0 aliphatic carbocycles.